The highest BCUT2D eigenvalue weighted by Gasteiger charge is 2.03. The zero-order valence-corrected chi connectivity index (χ0v) is 5.65. The van der Waals surface area contributed by atoms with Gasteiger partial charge < -0.3 is 5.11 Å². The maximum atomic E-state index is 8.46. The molecular formula is C5H12OS. The lowest BCUT2D eigenvalue weighted by molar-refractivity contribution is 0.238. The maximum absolute atomic E-state index is 8.46. The largest absolute Gasteiger partial charge is 0.396 e. The van der Waals surface area contributed by atoms with E-state index in [1.165, 1.54) is 0 Å². The minimum absolute atomic E-state index is 0.241. The summed E-state index contributed by atoms with van der Waals surface area (Å²) in [6, 6.07) is 0. The molecule has 0 aromatic heterocycles. The van der Waals surface area contributed by atoms with Gasteiger partial charge in [-0.2, -0.15) is 12.6 Å². The van der Waals surface area contributed by atoms with E-state index in [1.807, 2.05) is 13.8 Å². The van der Waals surface area contributed by atoms with Gasteiger partial charge in [0, 0.05) is 11.9 Å². The Morgan fingerprint density at radius 2 is 2.00 bits per heavy atom. The predicted octanol–water partition coefficient (Wildman–Crippen LogP) is 0.933. The van der Waals surface area contributed by atoms with Crippen LogP contribution in [0.3, 0.4) is 0 Å². The van der Waals surface area contributed by atoms with Gasteiger partial charge in [0.05, 0.1) is 0 Å². The number of aliphatic hydroxyl groups is 1. The molecule has 0 saturated heterocycles. The monoisotopic (exact) mass is 120 g/mol. The van der Waals surface area contributed by atoms with Gasteiger partial charge in [-0.3, -0.25) is 0 Å². The van der Waals surface area contributed by atoms with Gasteiger partial charge in [0.1, 0.15) is 0 Å². The molecule has 0 amide bonds. The average molecular weight is 120 g/mol. The van der Waals surface area contributed by atoms with Crippen LogP contribution in [0.1, 0.15) is 13.8 Å². The fourth-order valence-corrected chi connectivity index (χ4v) is 0.247. The first kappa shape index (κ1) is 7.31. The number of aliphatic hydroxyl groups excluding tert-OH is 1. The van der Waals surface area contributed by atoms with Crippen LogP contribution in [0.2, 0.25) is 0 Å². The van der Waals surface area contributed by atoms with Gasteiger partial charge in [-0.1, -0.05) is 13.8 Å². The van der Waals surface area contributed by atoms with Gasteiger partial charge in [0.25, 0.3) is 0 Å². The summed E-state index contributed by atoms with van der Waals surface area (Å²) in [5, 5.41) is 8.77. The third-order valence-corrected chi connectivity index (χ3v) is 1.62. The molecule has 1 nitrogen and oxygen atoms in total. The number of rotatable bonds is 2. The Morgan fingerprint density at radius 1 is 1.57 bits per heavy atom. The zero-order chi connectivity index (χ0) is 5.86. The second-order valence-corrected chi connectivity index (χ2v) is 2.72. The summed E-state index contributed by atoms with van der Waals surface area (Å²) in [6.45, 7) is 4.19. The van der Waals surface area contributed by atoms with Crippen molar-refractivity contribution >= 4 is 12.6 Å². The van der Waals surface area contributed by atoms with Crippen molar-refractivity contribution in [2.24, 2.45) is 5.92 Å². The van der Waals surface area contributed by atoms with E-state index in [1.54, 1.807) is 0 Å². The van der Waals surface area contributed by atoms with Crippen LogP contribution in [-0.4, -0.2) is 17.0 Å². The second-order valence-electron chi connectivity index (χ2n) is 1.90. The van der Waals surface area contributed by atoms with E-state index < -0.39 is 0 Å². The average Bonchev–Trinajstić information content (AvgIpc) is 1.65. The van der Waals surface area contributed by atoms with Crippen molar-refractivity contribution in [1.82, 2.24) is 0 Å². The first-order chi connectivity index (χ1) is 3.18. The summed E-state index contributed by atoms with van der Waals surface area (Å²) in [4.78, 5) is 0. The Morgan fingerprint density at radius 3 is 2.00 bits per heavy atom. The lowest BCUT2D eigenvalue weighted by atomic mass is 10.1. The molecule has 0 aromatic carbocycles. The lowest BCUT2D eigenvalue weighted by Gasteiger charge is -2.08. The zero-order valence-electron chi connectivity index (χ0n) is 4.76. The minimum atomic E-state index is 0.241. The van der Waals surface area contributed by atoms with Crippen LogP contribution in [0.5, 0.6) is 0 Å². The van der Waals surface area contributed by atoms with Gasteiger partial charge in [0.2, 0.25) is 0 Å². The first-order valence-electron chi connectivity index (χ1n) is 2.47. The number of hydrogen-bond acceptors (Lipinski definition) is 2. The van der Waals surface area contributed by atoms with Crippen LogP contribution >= 0.6 is 12.6 Å². The Bertz CT molecular complexity index is 45.3. The molecule has 0 radical (unpaired) electrons. The number of hydrogen-bond donors (Lipinski definition) is 2. The van der Waals surface area contributed by atoms with E-state index in [0.717, 1.165) is 0 Å². The quantitative estimate of drug-likeness (QED) is 0.519. The third-order valence-electron chi connectivity index (χ3n) is 1.11. The molecule has 0 spiro atoms. The van der Waals surface area contributed by atoms with E-state index in [2.05, 4.69) is 12.6 Å². The molecule has 0 heterocycles. The highest BCUT2D eigenvalue weighted by Crippen LogP contribution is 2.05. The van der Waals surface area contributed by atoms with Crippen molar-refractivity contribution in [2.45, 2.75) is 19.1 Å². The molecule has 0 rings (SSSR count). The van der Waals surface area contributed by atoms with Crippen molar-refractivity contribution in [3.8, 4) is 0 Å². The first-order valence-corrected chi connectivity index (χ1v) is 2.99. The maximum Gasteiger partial charge on any atom is 0.0467 e. The van der Waals surface area contributed by atoms with Crippen LogP contribution in [0.4, 0.5) is 0 Å². The summed E-state index contributed by atoms with van der Waals surface area (Å²) in [5.74, 6) is 0.323. The molecule has 0 aliphatic rings. The van der Waals surface area contributed by atoms with E-state index in [4.69, 9.17) is 5.11 Å². The van der Waals surface area contributed by atoms with Gasteiger partial charge in [-0.25, -0.2) is 0 Å². The van der Waals surface area contributed by atoms with Crippen LogP contribution < -0.4 is 0 Å². The van der Waals surface area contributed by atoms with Crippen LogP contribution in [0.15, 0.2) is 0 Å². The molecule has 0 aliphatic carbocycles. The summed E-state index contributed by atoms with van der Waals surface area (Å²) in [6.07, 6.45) is 0. The summed E-state index contributed by atoms with van der Waals surface area (Å²) in [5.41, 5.74) is 0. The van der Waals surface area contributed by atoms with E-state index in [9.17, 15) is 0 Å². The van der Waals surface area contributed by atoms with Gasteiger partial charge in [-0.15, -0.1) is 0 Å². The smallest absolute Gasteiger partial charge is 0.0467 e. The van der Waals surface area contributed by atoms with Crippen LogP contribution in [0.25, 0.3) is 0 Å². The highest BCUT2D eigenvalue weighted by molar-refractivity contribution is 7.80. The Kier molecular flexibility index (Phi) is 3.48. The fourth-order valence-electron chi connectivity index (χ4n) is 0.153. The fraction of sp³-hybridized carbons (Fsp3) is 1.00. The molecule has 2 atom stereocenters. The van der Waals surface area contributed by atoms with Crippen LogP contribution in [0, 0.1) is 5.92 Å². The topological polar surface area (TPSA) is 20.2 Å². The lowest BCUT2D eigenvalue weighted by Crippen LogP contribution is -2.10. The van der Waals surface area contributed by atoms with Crippen molar-refractivity contribution in [3.63, 3.8) is 0 Å². The molecule has 0 fully saturated rings. The van der Waals surface area contributed by atoms with Crippen LogP contribution in [-0.2, 0) is 0 Å². The van der Waals surface area contributed by atoms with E-state index in [-0.39, 0.29) is 6.61 Å². The molecule has 1 N–H and O–H groups in total. The summed E-state index contributed by atoms with van der Waals surface area (Å²) >= 11 is 4.11. The SMILES string of the molecule is C[C@H](S)[C@H](C)CO. The molecule has 0 saturated carbocycles. The summed E-state index contributed by atoms with van der Waals surface area (Å²) in [7, 11) is 0. The standard InChI is InChI=1S/C5H12OS/c1-4(3-6)5(2)7/h4-7H,3H2,1-2H3/t4-,5+/m1/s1. The minimum Gasteiger partial charge on any atom is -0.396 e. The molecule has 7 heavy (non-hydrogen) atoms. The van der Waals surface area contributed by atoms with Gasteiger partial charge >= 0.3 is 0 Å². The van der Waals surface area contributed by atoms with Gasteiger partial charge in [0.15, 0.2) is 0 Å². The molecule has 0 aromatic rings. The molecular weight excluding hydrogens is 108 g/mol. The van der Waals surface area contributed by atoms with Crippen molar-refractivity contribution < 1.29 is 5.11 Å². The highest BCUT2D eigenvalue weighted by atomic mass is 32.1. The molecule has 0 bridgehead atoms. The van der Waals surface area contributed by atoms with E-state index in [0.29, 0.717) is 11.2 Å². The normalized spacial score (nSPS) is 18.9. The number of thiol groups is 1. The van der Waals surface area contributed by atoms with Crippen molar-refractivity contribution in [3.05, 3.63) is 0 Å². The Balaban J connectivity index is 3.14. The Labute approximate surface area is 50.1 Å². The predicted molar refractivity (Wildman–Crippen MR) is 34.7 cm³/mol. The third kappa shape index (κ3) is 2.94. The van der Waals surface area contributed by atoms with Crippen molar-refractivity contribution in [1.29, 1.82) is 0 Å². The second kappa shape index (κ2) is 3.33. The Hall–Kier alpha value is 0.310. The summed E-state index contributed by atoms with van der Waals surface area (Å²) < 4.78 is 0. The molecule has 0 unspecified atom stereocenters. The molecule has 44 valence electrons. The molecule has 2 heteroatoms. The molecule has 0 aliphatic heterocycles. The van der Waals surface area contributed by atoms with E-state index >= 15 is 0 Å². The van der Waals surface area contributed by atoms with Gasteiger partial charge in [-0.05, 0) is 5.92 Å². The van der Waals surface area contributed by atoms with Crippen molar-refractivity contribution in [2.75, 3.05) is 6.61 Å².